The first kappa shape index (κ1) is 15.8. The molecule has 1 fully saturated rings. The highest BCUT2D eigenvalue weighted by molar-refractivity contribution is 6.31. The monoisotopic (exact) mass is 335 g/mol. The molecule has 2 aromatic rings. The minimum absolute atomic E-state index is 0.188. The van der Waals surface area contributed by atoms with Crippen LogP contribution in [0.3, 0.4) is 0 Å². The number of hydrogen-bond acceptors (Lipinski definition) is 4. The van der Waals surface area contributed by atoms with E-state index in [2.05, 4.69) is 4.90 Å². The number of benzene rings is 1. The van der Waals surface area contributed by atoms with Crippen LogP contribution in [0, 0.1) is 0 Å². The smallest absolute Gasteiger partial charge is 0.343 e. The largest absolute Gasteiger partial charge is 0.477 e. The molecule has 1 N–H and O–H groups in total. The van der Waals surface area contributed by atoms with E-state index in [4.69, 9.17) is 11.6 Å². The van der Waals surface area contributed by atoms with Gasteiger partial charge in [0.15, 0.2) is 0 Å². The van der Waals surface area contributed by atoms with Crippen LogP contribution < -0.4 is 10.5 Å². The highest BCUT2D eigenvalue weighted by Crippen LogP contribution is 2.31. The molecule has 1 aliphatic rings. The van der Waals surface area contributed by atoms with E-state index in [0.29, 0.717) is 34.7 Å². The molecule has 1 aromatic carbocycles. The first-order valence-electron chi connectivity index (χ1n) is 7.39. The van der Waals surface area contributed by atoms with Crippen molar-refractivity contribution in [2.45, 2.75) is 0 Å². The van der Waals surface area contributed by atoms with Crippen molar-refractivity contribution in [2.75, 3.05) is 38.1 Å². The summed E-state index contributed by atoms with van der Waals surface area (Å²) in [6.07, 6.45) is 0. The molecule has 7 heteroatoms. The Hall–Kier alpha value is -2.05. The fourth-order valence-electron chi connectivity index (χ4n) is 3.05. The lowest BCUT2D eigenvalue weighted by Gasteiger charge is -2.35. The number of nitrogens with zero attached hydrogens (tertiary/aromatic N) is 3. The highest BCUT2D eigenvalue weighted by Gasteiger charge is 2.26. The molecule has 2 heterocycles. The van der Waals surface area contributed by atoms with Gasteiger partial charge in [-0.2, -0.15) is 0 Å². The van der Waals surface area contributed by atoms with Crippen LogP contribution in [0.2, 0.25) is 5.02 Å². The molecule has 23 heavy (non-hydrogen) atoms. The number of carboxylic acid groups (broad SMARTS) is 1. The Morgan fingerprint density at radius 3 is 2.43 bits per heavy atom. The molecule has 1 aromatic heterocycles. The first-order valence-corrected chi connectivity index (χ1v) is 7.77. The summed E-state index contributed by atoms with van der Waals surface area (Å²) in [6.45, 7) is 2.98. The number of rotatable bonds is 2. The lowest BCUT2D eigenvalue weighted by molar-refractivity contribution is 0.0695. The molecule has 6 nitrogen and oxygen atoms in total. The van der Waals surface area contributed by atoms with E-state index < -0.39 is 11.5 Å². The maximum atomic E-state index is 12.5. The van der Waals surface area contributed by atoms with E-state index in [-0.39, 0.29) is 5.56 Å². The van der Waals surface area contributed by atoms with Gasteiger partial charge in [0.05, 0.1) is 11.2 Å². The summed E-state index contributed by atoms with van der Waals surface area (Å²) >= 11 is 6.12. The number of piperazine rings is 1. The van der Waals surface area contributed by atoms with Gasteiger partial charge in [0.25, 0.3) is 5.56 Å². The van der Waals surface area contributed by atoms with Gasteiger partial charge in [-0.25, -0.2) is 4.79 Å². The molecule has 0 saturated carbocycles. The Kier molecular flexibility index (Phi) is 4.04. The van der Waals surface area contributed by atoms with Gasteiger partial charge in [-0.3, -0.25) is 4.79 Å². The predicted octanol–water partition coefficient (Wildman–Crippen LogP) is 1.64. The van der Waals surface area contributed by atoms with Crippen LogP contribution in [0.1, 0.15) is 10.4 Å². The summed E-state index contributed by atoms with van der Waals surface area (Å²) in [5.74, 6) is -1.21. The number of carboxylic acids is 1. The van der Waals surface area contributed by atoms with Gasteiger partial charge in [-0.05, 0) is 25.2 Å². The summed E-state index contributed by atoms with van der Waals surface area (Å²) in [7, 11) is 3.60. The standard InChI is InChI=1S/C16H18ClN3O3/c1-18-5-7-20(8-6-18)14-11-9-10(17)3-4-12(11)19(2)15(21)13(14)16(22)23/h3-4,9H,5-8H2,1-2H3,(H,22,23). The normalized spacial score (nSPS) is 16.0. The van der Waals surface area contributed by atoms with Gasteiger partial charge in [-0.1, -0.05) is 11.6 Å². The summed E-state index contributed by atoms with van der Waals surface area (Å²) in [5, 5.41) is 10.8. The number of aromatic nitrogens is 1. The minimum Gasteiger partial charge on any atom is -0.477 e. The maximum Gasteiger partial charge on any atom is 0.343 e. The zero-order chi connectivity index (χ0) is 16.7. The molecule has 0 radical (unpaired) electrons. The number of fused-ring (bicyclic) bond motifs is 1. The van der Waals surface area contributed by atoms with Crippen molar-refractivity contribution in [1.82, 2.24) is 9.47 Å². The number of halogens is 1. The number of likely N-dealkylation sites (N-methyl/N-ethyl adjacent to an activating group) is 1. The quantitative estimate of drug-likeness (QED) is 0.904. The van der Waals surface area contributed by atoms with Crippen LogP contribution in [-0.4, -0.2) is 53.8 Å². The summed E-state index contributed by atoms with van der Waals surface area (Å²) in [4.78, 5) is 28.4. The van der Waals surface area contributed by atoms with Gasteiger partial charge < -0.3 is 19.5 Å². The van der Waals surface area contributed by atoms with Gasteiger partial charge in [-0.15, -0.1) is 0 Å². The number of aryl methyl sites for hydroxylation is 1. The van der Waals surface area contributed by atoms with Crippen molar-refractivity contribution in [1.29, 1.82) is 0 Å². The maximum absolute atomic E-state index is 12.5. The van der Waals surface area contributed by atoms with Gasteiger partial charge >= 0.3 is 5.97 Å². The van der Waals surface area contributed by atoms with E-state index in [1.54, 1.807) is 25.2 Å². The second-order valence-corrected chi connectivity index (χ2v) is 6.28. The van der Waals surface area contributed by atoms with Crippen molar-refractivity contribution in [3.05, 3.63) is 39.1 Å². The third kappa shape index (κ3) is 2.68. The molecule has 3 rings (SSSR count). The number of carbonyl (C=O) groups is 1. The molecule has 0 atom stereocenters. The molecule has 0 bridgehead atoms. The van der Waals surface area contributed by atoms with E-state index in [9.17, 15) is 14.7 Å². The Morgan fingerprint density at radius 2 is 1.83 bits per heavy atom. The number of aromatic carboxylic acids is 1. The molecular formula is C16H18ClN3O3. The average molecular weight is 336 g/mol. The van der Waals surface area contributed by atoms with Crippen molar-refractivity contribution in [2.24, 2.45) is 7.05 Å². The molecule has 1 aliphatic heterocycles. The third-order valence-corrected chi connectivity index (χ3v) is 4.60. The van der Waals surface area contributed by atoms with Gasteiger partial charge in [0, 0.05) is 43.6 Å². The fraction of sp³-hybridized carbons (Fsp3) is 0.375. The molecule has 0 spiro atoms. The van der Waals surface area contributed by atoms with Gasteiger partial charge in [0.1, 0.15) is 5.56 Å². The van der Waals surface area contributed by atoms with Crippen LogP contribution in [0.4, 0.5) is 5.69 Å². The Morgan fingerprint density at radius 1 is 1.17 bits per heavy atom. The second kappa shape index (κ2) is 5.86. The van der Waals surface area contributed by atoms with Crippen molar-refractivity contribution < 1.29 is 9.90 Å². The summed E-state index contributed by atoms with van der Waals surface area (Å²) in [5.41, 5.74) is 0.470. The predicted molar refractivity (Wildman–Crippen MR) is 90.9 cm³/mol. The zero-order valence-electron chi connectivity index (χ0n) is 13.0. The molecule has 122 valence electrons. The Bertz CT molecular complexity index is 839. The van der Waals surface area contributed by atoms with Crippen LogP contribution in [-0.2, 0) is 7.05 Å². The molecule has 0 amide bonds. The number of anilines is 1. The lowest BCUT2D eigenvalue weighted by atomic mass is 10.1. The highest BCUT2D eigenvalue weighted by atomic mass is 35.5. The number of hydrogen-bond donors (Lipinski definition) is 1. The minimum atomic E-state index is -1.21. The van der Waals surface area contributed by atoms with Crippen molar-refractivity contribution >= 4 is 34.2 Å². The number of pyridine rings is 1. The molecular weight excluding hydrogens is 318 g/mol. The van der Waals surface area contributed by atoms with E-state index >= 15 is 0 Å². The van der Waals surface area contributed by atoms with Crippen molar-refractivity contribution in [3.8, 4) is 0 Å². The lowest BCUT2D eigenvalue weighted by Crippen LogP contribution is -2.46. The third-order valence-electron chi connectivity index (χ3n) is 4.36. The van der Waals surface area contributed by atoms with E-state index in [1.807, 2.05) is 11.9 Å². The van der Waals surface area contributed by atoms with E-state index in [0.717, 1.165) is 13.1 Å². The second-order valence-electron chi connectivity index (χ2n) is 5.84. The SMILES string of the molecule is CN1CCN(c2c(C(=O)O)c(=O)n(C)c3ccc(Cl)cc23)CC1. The Balaban J connectivity index is 2.34. The Labute approximate surface area is 138 Å². The van der Waals surface area contributed by atoms with Crippen molar-refractivity contribution in [3.63, 3.8) is 0 Å². The van der Waals surface area contributed by atoms with Crippen LogP contribution in [0.15, 0.2) is 23.0 Å². The molecule has 0 unspecified atom stereocenters. The van der Waals surface area contributed by atoms with Crippen LogP contribution in [0.5, 0.6) is 0 Å². The van der Waals surface area contributed by atoms with E-state index in [1.165, 1.54) is 4.57 Å². The first-order chi connectivity index (χ1) is 10.9. The zero-order valence-corrected chi connectivity index (χ0v) is 13.8. The van der Waals surface area contributed by atoms with Crippen LogP contribution >= 0.6 is 11.6 Å². The molecule has 1 saturated heterocycles. The summed E-state index contributed by atoms with van der Waals surface area (Å²) < 4.78 is 1.37. The fourth-order valence-corrected chi connectivity index (χ4v) is 3.23. The van der Waals surface area contributed by atoms with Gasteiger partial charge in [0.2, 0.25) is 0 Å². The average Bonchev–Trinajstić information content (AvgIpc) is 2.51. The summed E-state index contributed by atoms with van der Waals surface area (Å²) in [6, 6.07) is 5.19. The molecule has 0 aliphatic carbocycles. The van der Waals surface area contributed by atoms with Crippen LogP contribution in [0.25, 0.3) is 10.9 Å². The topological polar surface area (TPSA) is 65.8 Å².